The minimum absolute atomic E-state index is 0.0493. The van der Waals surface area contributed by atoms with E-state index in [-0.39, 0.29) is 36.2 Å². The smallest absolute Gasteiger partial charge is 0.224 e. The van der Waals surface area contributed by atoms with Crippen molar-refractivity contribution >= 4 is 17.6 Å². The van der Waals surface area contributed by atoms with E-state index in [0.29, 0.717) is 12.8 Å². The fourth-order valence-electron chi connectivity index (χ4n) is 2.24. The molecule has 1 heterocycles. The number of carbonyl (C=O) groups is 3. The van der Waals surface area contributed by atoms with Crippen LogP contribution in [0.3, 0.4) is 0 Å². The van der Waals surface area contributed by atoms with E-state index in [2.05, 4.69) is 5.32 Å². The molecule has 1 aliphatic heterocycles. The summed E-state index contributed by atoms with van der Waals surface area (Å²) in [7, 11) is 0. The van der Waals surface area contributed by atoms with Crippen LogP contribution in [0.5, 0.6) is 0 Å². The summed E-state index contributed by atoms with van der Waals surface area (Å²) < 4.78 is 5.30. The zero-order chi connectivity index (χ0) is 16.2. The first kappa shape index (κ1) is 17.6. The van der Waals surface area contributed by atoms with Crippen molar-refractivity contribution in [1.29, 1.82) is 0 Å². The Hall–Kier alpha value is -1.43. The predicted octanol–water partition coefficient (Wildman–Crippen LogP) is 0.591. The molecule has 119 valence electrons. The van der Waals surface area contributed by atoms with Gasteiger partial charge in [0, 0.05) is 5.92 Å². The molecule has 21 heavy (non-hydrogen) atoms. The molecule has 3 atom stereocenters. The molecule has 1 saturated heterocycles. The van der Waals surface area contributed by atoms with Crippen molar-refractivity contribution in [1.82, 2.24) is 5.32 Å². The van der Waals surface area contributed by atoms with Crippen molar-refractivity contribution in [3.05, 3.63) is 6.42 Å². The lowest BCUT2D eigenvalue weighted by Gasteiger charge is -2.29. The van der Waals surface area contributed by atoms with E-state index in [0.717, 1.165) is 0 Å². The van der Waals surface area contributed by atoms with Crippen LogP contribution in [0.2, 0.25) is 0 Å². The molecular formula is C15H25N2O4. The van der Waals surface area contributed by atoms with E-state index < -0.39 is 11.5 Å². The Bertz CT molecular complexity index is 420. The highest BCUT2D eigenvalue weighted by molar-refractivity contribution is 5.94. The summed E-state index contributed by atoms with van der Waals surface area (Å²) in [6.07, 6.45) is 2.28. The molecule has 0 saturated carbocycles. The van der Waals surface area contributed by atoms with Gasteiger partial charge in [0.05, 0.1) is 12.5 Å². The SMILES string of the molecule is CC[C@@H]1OCC(=O)C1NC(=O)[CH]CC(C)(C)C(C)C(N)=O. The van der Waals surface area contributed by atoms with E-state index in [1.54, 1.807) is 6.92 Å². The molecule has 3 N–H and O–H groups in total. The zero-order valence-corrected chi connectivity index (χ0v) is 13.1. The van der Waals surface area contributed by atoms with E-state index in [9.17, 15) is 14.4 Å². The lowest BCUT2D eigenvalue weighted by molar-refractivity contribution is -0.126. The van der Waals surface area contributed by atoms with Crippen LogP contribution in [-0.4, -0.2) is 36.4 Å². The van der Waals surface area contributed by atoms with Gasteiger partial charge in [-0.15, -0.1) is 0 Å². The third-order valence-corrected chi connectivity index (χ3v) is 4.27. The van der Waals surface area contributed by atoms with Crippen molar-refractivity contribution in [3.8, 4) is 0 Å². The molecule has 0 aromatic rings. The van der Waals surface area contributed by atoms with Crippen molar-refractivity contribution in [2.75, 3.05) is 6.61 Å². The molecule has 1 fully saturated rings. The fraction of sp³-hybridized carbons (Fsp3) is 0.733. The highest BCUT2D eigenvalue weighted by Gasteiger charge is 2.36. The van der Waals surface area contributed by atoms with Gasteiger partial charge in [0.2, 0.25) is 11.8 Å². The standard InChI is InChI=1S/C15H25N2O4/c1-5-11-13(10(18)8-21-11)17-12(19)6-7-15(3,4)9(2)14(16)20/h6,9,11,13H,5,7-8H2,1-4H3,(H2,16,20)(H,17,19)/t9?,11-,13?/m0/s1. The van der Waals surface area contributed by atoms with Crippen LogP contribution in [0.25, 0.3) is 0 Å². The van der Waals surface area contributed by atoms with Gasteiger partial charge in [0.15, 0.2) is 5.78 Å². The maximum absolute atomic E-state index is 12.0. The number of ketones is 1. The van der Waals surface area contributed by atoms with Crippen LogP contribution in [0, 0.1) is 17.8 Å². The number of nitrogens with one attached hydrogen (secondary N) is 1. The first-order valence-electron chi connectivity index (χ1n) is 7.26. The summed E-state index contributed by atoms with van der Waals surface area (Å²) in [5.41, 5.74) is 4.89. The van der Waals surface area contributed by atoms with Crippen LogP contribution < -0.4 is 11.1 Å². The van der Waals surface area contributed by atoms with Gasteiger partial charge in [0.25, 0.3) is 0 Å². The highest BCUT2D eigenvalue weighted by atomic mass is 16.5. The second-order valence-corrected chi connectivity index (χ2v) is 6.23. The number of hydrogen-bond acceptors (Lipinski definition) is 4. The second kappa shape index (κ2) is 7.02. The number of Topliss-reactive ketones (excluding diaryl/α,β-unsaturated/α-hetero) is 1. The normalized spacial score (nSPS) is 23.9. The molecule has 2 unspecified atom stereocenters. The predicted molar refractivity (Wildman–Crippen MR) is 78.0 cm³/mol. The molecule has 1 rings (SSSR count). The molecule has 1 radical (unpaired) electrons. The zero-order valence-electron chi connectivity index (χ0n) is 13.1. The summed E-state index contributed by atoms with van der Waals surface area (Å²) >= 11 is 0. The van der Waals surface area contributed by atoms with Crippen LogP contribution in [-0.2, 0) is 19.1 Å². The molecule has 0 spiro atoms. The van der Waals surface area contributed by atoms with Gasteiger partial charge in [0.1, 0.15) is 12.6 Å². The fourth-order valence-corrected chi connectivity index (χ4v) is 2.24. The van der Waals surface area contributed by atoms with E-state index in [1.807, 2.05) is 20.8 Å². The number of ether oxygens (including phenoxy) is 1. The van der Waals surface area contributed by atoms with Crippen molar-refractivity contribution in [3.63, 3.8) is 0 Å². The van der Waals surface area contributed by atoms with Crippen molar-refractivity contribution in [2.24, 2.45) is 17.1 Å². The Morgan fingerprint density at radius 3 is 2.67 bits per heavy atom. The first-order chi connectivity index (χ1) is 9.69. The lowest BCUT2D eigenvalue weighted by atomic mass is 9.76. The monoisotopic (exact) mass is 297 g/mol. The van der Waals surface area contributed by atoms with Gasteiger partial charge in [-0.3, -0.25) is 14.4 Å². The number of amides is 2. The Kier molecular flexibility index (Phi) is 5.89. The van der Waals surface area contributed by atoms with Gasteiger partial charge < -0.3 is 15.8 Å². The molecule has 2 amide bonds. The summed E-state index contributed by atoms with van der Waals surface area (Å²) in [6, 6.07) is -0.574. The van der Waals surface area contributed by atoms with Crippen LogP contribution in [0.1, 0.15) is 40.5 Å². The highest BCUT2D eigenvalue weighted by Crippen LogP contribution is 2.31. The summed E-state index contributed by atoms with van der Waals surface area (Å²) in [4.78, 5) is 34.9. The molecule has 1 aliphatic rings. The number of carbonyl (C=O) groups excluding carboxylic acids is 3. The van der Waals surface area contributed by atoms with Gasteiger partial charge in [-0.2, -0.15) is 0 Å². The summed E-state index contributed by atoms with van der Waals surface area (Å²) in [6.45, 7) is 7.46. The Balaban J connectivity index is 2.51. The van der Waals surface area contributed by atoms with E-state index in [1.165, 1.54) is 6.42 Å². The van der Waals surface area contributed by atoms with E-state index in [4.69, 9.17) is 10.5 Å². The molecule has 0 aromatic heterocycles. The van der Waals surface area contributed by atoms with Crippen molar-refractivity contribution in [2.45, 2.75) is 52.7 Å². The Labute approximate surface area is 125 Å². The molecule has 0 aromatic carbocycles. The molecule has 0 aliphatic carbocycles. The third-order valence-electron chi connectivity index (χ3n) is 4.27. The topological polar surface area (TPSA) is 98.5 Å². The number of hydrogen-bond donors (Lipinski definition) is 2. The number of rotatable bonds is 7. The molecule has 6 nitrogen and oxygen atoms in total. The van der Waals surface area contributed by atoms with Gasteiger partial charge >= 0.3 is 0 Å². The quantitative estimate of drug-likeness (QED) is 0.718. The number of primary amides is 1. The molecular weight excluding hydrogens is 272 g/mol. The van der Waals surface area contributed by atoms with Gasteiger partial charge in [-0.25, -0.2) is 0 Å². The largest absolute Gasteiger partial charge is 0.369 e. The molecule has 6 heteroatoms. The average molecular weight is 297 g/mol. The average Bonchev–Trinajstić information content (AvgIpc) is 2.76. The van der Waals surface area contributed by atoms with Crippen LogP contribution >= 0.6 is 0 Å². The third kappa shape index (κ3) is 4.52. The second-order valence-electron chi connectivity index (χ2n) is 6.23. The molecule has 0 bridgehead atoms. The maximum Gasteiger partial charge on any atom is 0.224 e. The Morgan fingerprint density at radius 2 is 2.14 bits per heavy atom. The Morgan fingerprint density at radius 1 is 1.52 bits per heavy atom. The minimum atomic E-state index is -0.574. The maximum atomic E-state index is 12.0. The van der Waals surface area contributed by atoms with Crippen LogP contribution in [0.15, 0.2) is 0 Å². The summed E-state index contributed by atoms with van der Waals surface area (Å²) in [5.74, 6) is -1.16. The van der Waals surface area contributed by atoms with E-state index >= 15 is 0 Å². The number of nitrogens with two attached hydrogens (primary N) is 1. The minimum Gasteiger partial charge on any atom is -0.369 e. The van der Waals surface area contributed by atoms with Gasteiger partial charge in [-0.05, 0) is 18.3 Å². The summed E-state index contributed by atoms with van der Waals surface area (Å²) in [5, 5.41) is 2.69. The van der Waals surface area contributed by atoms with Gasteiger partial charge in [-0.1, -0.05) is 27.7 Å². The first-order valence-corrected chi connectivity index (χ1v) is 7.26. The van der Waals surface area contributed by atoms with Crippen LogP contribution in [0.4, 0.5) is 0 Å². The van der Waals surface area contributed by atoms with Crippen molar-refractivity contribution < 1.29 is 19.1 Å². The lowest BCUT2D eigenvalue weighted by Crippen LogP contribution is -2.45.